The first-order valence-corrected chi connectivity index (χ1v) is 10.5. The van der Waals surface area contributed by atoms with Gasteiger partial charge in [-0.25, -0.2) is 9.59 Å². The zero-order valence-corrected chi connectivity index (χ0v) is 18.0. The van der Waals surface area contributed by atoms with Crippen molar-refractivity contribution < 1.29 is 29.0 Å². The fourth-order valence-corrected chi connectivity index (χ4v) is 3.34. The number of hydrogen-bond donors (Lipinski definition) is 1. The quantitative estimate of drug-likeness (QED) is 0.363. The van der Waals surface area contributed by atoms with E-state index in [0.717, 1.165) is 16.7 Å². The Morgan fingerprint density at radius 3 is 1.64 bits per heavy atom. The molecular weight excluding hydrogens is 422 g/mol. The largest absolute Gasteiger partial charge is 0.516 e. The summed E-state index contributed by atoms with van der Waals surface area (Å²) in [5.74, 6) is -2.15. The molecule has 7 heteroatoms. The van der Waals surface area contributed by atoms with Crippen LogP contribution in [0.1, 0.15) is 23.1 Å². The fourth-order valence-electron chi connectivity index (χ4n) is 3.34. The van der Waals surface area contributed by atoms with Gasteiger partial charge in [0.1, 0.15) is 12.6 Å². The van der Waals surface area contributed by atoms with E-state index in [9.17, 15) is 19.5 Å². The molecule has 0 aliphatic carbocycles. The van der Waals surface area contributed by atoms with E-state index >= 15 is 0 Å². The molecule has 1 N–H and O–H groups in total. The highest BCUT2D eigenvalue weighted by molar-refractivity contribution is 5.88. The molecule has 3 aromatic carbocycles. The average molecular weight is 447 g/mol. The van der Waals surface area contributed by atoms with E-state index in [0.29, 0.717) is 13.1 Å². The molecule has 0 aliphatic rings. The lowest BCUT2D eigenvalue weighted by Gasteiger charge is -2.29. The van der Waals surface area contributed by atoms with Crippen molar-refractivity contribution in [3.8, 4) is 0 Å². The summed E-state index contributed by atoms with van der Waals surface area (Å²) < 4.78 is 9.91. The highest BCUT2D eigenvalue weighted by Gasteiger charge is 2.32. The van der Waals surface area contributed by atoms with E-state index in [4.69, 9.17) is 9.47 Å². The van der Waals surface area contributed by atoms with Crippen LogP contribution in [-0.2, 0) is 38.8 Å². The Balaban J connectivity index is 1.75. The summed E-state index contributed by atoms with van der Waals surface area (Å²) >= 11 is 0. The van der Waals surface area contributed by atoms with Gasteiger partial charge in [0, 0.05) is 13.1 Å². The summed E-state index contributed by atoms with van der Waals surface area (Å²) in [5, 5.41) is 9.45. The van der Waals surface area contributed by atoms with Crippen LogP contribution in [0.3, 0.4) is 0 Å². The monoisotopic (exact) mass is 447 g/mol. The Morgan fingerprint density at radius 2 is 1.18 bits per heavy atom. The Morgan fingerprint density at radius 1 is 0.727 bits per heavy atom. The van der Waals surface area contributed by atoms with Crippen LogP contribution in [-0.4, -0.2) is 34.1 Å². The highest BCUT2D eigenvalue weighted by atomic mass is 16.7. The molecule has 33 heavy (non-hydrogen) atoms. The van der Waals surface area contributed by atoms with Gasteiger partial charge in [0.05, 0.1) is 6.42 Å². The lowest BCUT2D eigenvalue weighted by Crippen LogP contribution is -2.43. The smallest absolute Gasteiger partial charge is 0.481 e. The van der Waals surface area contributed by atoms with E-state index < -0.39 is 30.6 Å². The summed E-state index contributed by atoms with van der Waals surface area (Å²) in [5.41, 5.74) is 2.52. The SMILES string of the molecule is O=C(O)C[C@@H](C(=O)OC(=O)OCc1ccccc1)N(Cc1ccccc1)Cc1ccccc1. The highest BCUT2D eigenvalue weighted by Crippen LogP contribution is 2.17. The molecule has 0 saturated heterocycles. The molecule has 0 amide bonds. The Bertz CT molecular complexity index is 999. The van der Waals surface area contributed by atoms with Gasteiger partial charge in [0.25, 0.3) is 0 Å². The van der Waals surface area contributed by atoms with Crippen LogP contribution in [0.4, 0.5) is 4.79 Å². The predicted molar refractivity (Wildman–Crippen MR) is 121 cm³/mol. The standard InChI is InChI=1S/C26H25NO6/c28-24(29)16-23(25(30)33-26(31)32-19-22-14-8-3-9-15-22)27(17-20-10-4-1-5-11-20)18-21-12-6-2-7-13-21/h1-15,23H,16-19H2,(H,28,29)/t23-/m0/s1. The number of aliphatic carboxylic acids is 1. The minimum absolute atomic E-state index is 0.0612. The van der Waals surface area contributed by atoms with Gasteiger partial charge >= 0.3 is 18.1 Å². The minimum Gasteiger partial charge on any atom is -0.481 e. The predicted octanol–water partition coefficient (Wildman–Crippen LogP) is 4.41. The van der Waals surface area contributed by atoms with Crippen molar-refractivity contribution in [2.45, 2.75) is 32.2 Å². The van der Waals surface area contributed by atoms with Crippen LogP contribution in [0.2, 0.25) is 0 Å². The van der Waals surface area contributed by atoms with Crippen LogP contribution >= 0.6 is 0 Å². The first-order valence-electron chi connectivity index (χ1n) is 10.5. The molecule has 7 nitrogen and oxygen atoms in total. The second kappa shape index (κ2) is 12.2. The molecule has 0 unspecified atom stereocenters. The number of benzene rings is 3. The summed E-state index contributed by atoms with van der Waals surface area (Å²) in [6.45, 7) is 0.526. The average Bonchev–Trinajstić information content (AvgIpc) is 2.82. The second-order valence-electron chi connectivity index (χ2n) is 7.44. The summed E-state index contributed by atoms with van der Waals surface area (Å²) in [7, 11) is 0. The minimum atomic E-state index is -1.19. The number of carboxylic acids is 1. The second-order valence-corrected chi connectivity index (χ2v) is 7.44. The van der Waals surface area contributed by atoms with Crippen molar-refractivity contribution in [3.05, 3.63) is 108 Å². The molecule has 0 fully saturated rings. The molecule has 170 valence electrons. The van der Waals surface area contributed by atoms with Crippen LogP contribution < -0.4 is 0 Å². The van der Waals surface area contributed by atoms with Crippen LogP contribution in [0, 0.1) is 0 Å². The molecular formula is C26H25NO6. The van der Waals surface area contributed by atoms with Crippen LogP contribution in [0.25, 0.3) is 0 Å². The Kier molecular flexibility index (Phi) is 8.73. The number of nitrogens with zero attached hydrogens (tertiary/aromatic N) is 1. The fraction of sp³-hybridized carbons (Fsp3) is 0.192. The van der Waals surface area contributed by atoms with Gasteiger partial charge in [0.2, 0.25) is 0 Å². The van der Waals surface area contributed by atoms with Crippen LogP contribution in [0.5, 0.6) is 0 Å². The molecule has 0 bridgehead atoms. The van der Waals surface area contributed by atoms with Gasteiger partial charge in [-0.1, -0.05) is 91.0 Å². The number of rotatable bonds is 10. The third kappa shape index (κ3) is 7.90. The molecule has 0 heterocycles. The van der Waals surface area contributed by atoms with Gasteiger partial charge in [0.15, 0.2) is 0 Å². The number of hydrogen-bond acceptors (Lipinski definition) is 6. The molecule has 3 aromatic rings. The molecule has 0 radical (unpaired) electrons. The number of carboxylic acid groups (broad SMARTS) is 1. The zero-order valence-electron chi connectivity index (χ0n) is 18.0. The van der Waals surface area contributed by atoms with Crippen molar-refractivity contribution in [3.63, 3.8) is 0 Å². The Labute approximate surface area is 192 Å². The lowest BCUT2D eigenvalue weighted by atomic mass is 10.1. The van der Waals surface area contributed by atoms with Crippen molar-refractivity contribution >= 4 is 18.1 Å². The van der Waals surface area contributed by atoms with Gasteiger partial charge < -0.3 is 14.6 Å². The number of ether oxygens (including phenoxy) is 2. The van der Waals surface area contributed by atoms with Crippen LogP contribution in [0.15, 0.2) is 91.0 Å². The van der Waals surface area contributed by atoms with Crippen molar-refractivity contribution in [1.82, 2.24) is 4.90 Å². The number of esters is 1. The summed E-state index contributed by atoms with van der Waals surface area (Å²) in [6.07, 6.45) is -1.69. The van der Waals surface area contributed by atoms with Crippen molar-refractivity contribution in [2.24, 2.45) is 0 Å². The van der Waals surface area contributed by atoms with E-state index in [1.807, 2.05) is 66.7 Å². The zero-order chi connectivity index (χ0) is 23.5. The van der Waals surface area contributed by atoms with Gasteiger partial charge in [-0.15, -0.1) is 0 Å². The normalized spacial score (nSPS) is 11.5. The first kappa shape index (κ1) is 23.7. The molecule has 0 saturated carbocycles. The molecule has 0 aliphatic heterocycles. The van der Waals surface area contributed by atoms with E-state index in [1.165, 1.54) is 0 Å². The maximum Gasteiger partial charge on any atom is 0.516 e. The molecule has 1 atom stereocenters. The summed E-state index contributed by atoms with van der Waals surface area (Å²) in [6, 6.07) is 26.5. The van der Waals surface area contributed by atoms with E-state index in [1.54, 1.807) is 29.2 Å². The lowest BCUT2D eigenvalue weighted by molar-refractivity contribution is -0.152. The number of carbonyl (C=O) groups is 3. The molecule has 0 spiro atoms. The maximum atomic E-state index is 12.9. The van der Waals surface area contributed by atoms with Gasteiger partial charge in [-0.3, -0.25) is 9.69 Å². The number of carbonyl (C=O) groups excluding carboxylic acids is 2. The molecule has 0 aromatic heterocycles. The first-order chi connectivity index (χ1) is 16.0. The summed E-state index contributed by atoms with van der Waals surface area (Å²) in [4.78, 5) is 38.3. The third-order valence-corrected chi connectivity index (χ3v) is 4.92. The Hall–Kier alpha value is -3.97. The van der Waals surface area contributed by atoms with Crippen molar-refractivity contribution in [2.75, 3.05) is 0 Å². The maximum absolute atomic E-state index is 12.9. The van der Waals surface area contributed by atoms with E-state index in [-0.39, 0.29) is 6.61 Å². The van der Waals surface area contributed by atoms with E-state index in [2.05, 4.69) is 0 Å². The van der Waals surface area contributed by atoms with Crippen molar-refractivity contribution in [1.29, 1.82) is 0 Å². The third-order valence-electron chi connectivity index (χ3n) is 4.92. The van der Waals surface area contributed by atoms with Gasteiger partial charge in [-0.05, 0) is 16.7 Å². The topological polar surface area (TPSA) is 93.1 Å². The van der Waals surface area contributed by atoms with Gasteiger partial charge in [-0.2, -0.15) is 0 Å². The molecule has 3 rings (SSSR count).